The number of carbonyl (C=O) groups excluding carboxylic acids is 3. The number of hydroxylamine groups is 2. The van der Waals surface area contributed by atoms with E-state index in [-0.39, 0.29) is 22.9 Å². The molecule has 0 spiro atoms. The first-order valence-electron chi connectivity index (χ1n) is 5.81. The third kappa shape index (κ3) is 3.75. The lowest BCUT2D eigenvalue weighted by Crippen LogP contribution is -2.32. The maximum Gasteiger partial charge on any atom is 0.573 e. The fourth-order valence-corrected chi connectivity index (χ4v) is 2.06. The van der Waals surface area contributed by atoms with Crippen LogP contribution in [0.2, 0.25) is 0 Å². The lowest BCUT2D eigenvalue weighted by Gasteiger charge is -2.14. The van der Waals surface area contributed by atoms with Crippen molar-refractivity contribution in [2.24, 2.45) is 0 Å². The third-order valence-electron chi connectivity index (χ3n) is 2.57. The topological polar surface area (TPSA) is 72.9 Å². The molecule has 1 aromatic carbocycles. The Bertz CT molecular complexity index is 630. The highest BCUT2D eigenvalue weighted by Gasteiger charge is 2.34. The molecule has 2 rings (SSSR count). The Morgan fingerprint density at radius 1 is 1.18 bits per heavy atom. The lowest BCUT2D eigenvalue weighted by atomic mass is 10.2. The molecule has 118 valence electrons. The normalized spacial score (nSPS) is 15.2. The summed E-state index contributed by atoms with van der Waals surface area (Å²) in [7, 11) is 0. The second-order valence-electron chi connectivity index (χ2n) is 4.15. The minimum Gasteiger partial charge on any atom is -0.406 e. The van der Waals surface area contributed by atoms with E-state index in [2.05, 4.69) is 25.5 Å². The highest BCUT2D eigenvalue weighted by Crippen LogP contribution is 2.28. The molecule has 0 bridgehead atoms. The fourth-order valence-electron chi connectivity index (χ4n) is 1.65. The molecule has 1 aliphatic rings. The predicted octanol–water partition coefficient (Wildman–Crippen LogP) is 2.57. The van der Waals surface area contributed by atoms with Gasteiger partial charge in [-0.1, -0.05) is 0 Å². The van der Waals surface area contributed by atoms with Crippen molar-refractivity contribution in [2.75, 3.05) is 0 Å². The van der Waals surface area contributed by atoms with Gasteiger partial charge in [-0.15, -0.1) is 18.2 Å². The first-order valence-corrected chi connectivity index (χ1v) is 6.60. The van der Waals surface area contributed by atoms with Crippen molar-refractivity contribution in [3.05, 3.63) is 28.2 Å². The summed E-state index contributed by atoms with van der Waals surface area (Å²) in [5, 5.41) is 0.298. The van der Waals surface area contributed by atoms with E-state index < -0.39 is 29.9 Å². The summed E-state index contributed by atoms with van der Waals surface area (Å²) < 4.78 is 40.3. The van der Waals surface area contributed by atoms with Crippen LogP contribution in [0.1, 0.15) is 23.2 Å². The summed E-state index contributed by atoms with van der Waals surface area (Å²) in [6.07, 6.45) is -5.11. The molecular weight excluding hydrogens is 375 g/mol. The number of hydrogen-bond donors (Lipinski definition) is 0. The van der Waals surface area contributed by atoms with Crippen LogP contribution in [-0.4, -0.2) is 29.2 Å². The number of amides is 2. The van der Waals surface area contributed by atoms with E-state index in [1.807, 2.05) is 0 Å². The average Bonchev–Trinajstić information content (AvgIpc) is 2.71. The van der Waals surface area contributed by atoms with Crippen molar-refractivity contribution in [3.8, 4) is 5.75 Å². The summed E-state index contributed by atoms with van der Waals surface area (Å²) in [4.78, 5) is 39.2. The smallest absolute Gasteiger partial charge is 0.406 e. The highest BCUT2D eigenvalue weighted by atomic mass is 79.9. The number of halogens is 4. The van der Waals surface area contributed by atoms with Gasteiger partial charge in [-0.2, -0.15) is 0 Å². The van der Waals surface area contributed by atoms with Gasteiger partial charge in [-0.05, 0) is 34.1 Å². The number of carbonyl (C=O) groups is 3. The monoisotopic (exact) mass is 381 g/mol. The van der Waals surface area contributed by atoms with Crippen LogP contribution < -0.4 is 4.74 Å². The average molecular weight is 382 g/mol. The quantitative estimate of drug-likeness (QED) is 0.752. The molecule has 0 radical (unpaired) electrons. The molecule has 2 amide bonds. The number of hydrogen-bond acceptors (Lipinski definition) is 5. The molecule has 6 nitrogen and oxygen atoms in total. The van der Waals surface area contributed by atoms with Gasteiger partial charge in [0.15, 0.2) is 0 Å². The van der Waals surface area contributed by atoms with Crippen molar-refractivity contribution in [1.82, 2.24) is 5.06 Å². The molecule has 0 aliphatic carbocycles. The summed E-state index contributed by atoms with van der Waals surface area (Å²) in [6.45, 7) is 0. The standard InChI is InChI=1S/C12H7BrF3NO5/c13-8-2-1-6(21-12(14,15)16)5-7(8)11(20)22-17-9(18)3-4-10(17)19/h1-2,5H,3-4H2. The summed E-state index contributed by atoms with van der Waals surface area (Å²) in [5.41, 5.74) is -0.325. The number of nitrogens with zero attached hydrogens (tertiary/aromatic N) is 1. The van der Waals surface area contributed by atoms with Gasteiger partial charge in [0, 0.05) is 17.3 Å². The molecule has 0 saturated carbocycles. The van der Waals surface area contributed by atoms with Crippen LogP contribution in [0.3, 0.4) is 0 Å². The van der Waals surface area contributed by atoms with E-state index >= 15 is 0 Å². The molecular formula is C12H7BrF3NO5. The minimum absolute atomic E-state index is 0.0928. The number of benzene rings is 1. The second kappa shape index (κ2) is 5.95. The van der Waals surface area contributed by atoms with Gasteiger partial charge in [-0.3, -0.25) is 9.59 Å². The zero-order chi connectivity index (χ0) is 16.5. The molecule has 10 heteroatoms. The van der Waals surface area contributed by atoms with Crippen LogP contribution in [0.4, 0.5) is 13.2 Å². The van der Waals surface area contributed by atoms with Crippen LogP contribution in [0, 0.1) is 0 Å². The second-order valence-corrected chi connectivity index (χ2v) is 5.00. The van der Waals surface area contributed by atoms with Crippen molar-refractivity contribution in [3.63, 3.8) is 0 Å². The molecule has 0 aromatic heterocycles. The zero-order valence-electron chi connectivity index (χ0n) is 10.6. The molecule has 1 aromatic rings. The van der Waals surface area contributed by atoms with Crippen LogP contribution in [0.15, 0.2) is 22.7 Å². The molecule has 0 N–H and O–H groups in total. The van der Waals surface area contributed by atoms with E-state index in [0.717, 1.165) is 18.2 Å². The zero-order valence-corrected chi connectivity index (χ0v) is 12.2. The SMILES string of the molecule is O=C(ON1C(=O)CCC1=O)c1cc(OC(F)(F)F)ccc1Br. The van der Waals surface area contributed by atoms with Gasteiger partial charge in [0.1, 0.15) is 5.75 Å². The van der Waals surface area contributed by atoms with Gasteiger partial charge in [0.2, 0.25) is 0 Å². The number of alkyl halides is 3. The summed E-state index contributed by atoms with van der Waals surface area (Å²) in [5.74, 6) is -3.20. The number of imide groups is 1. The maximum absolute atomic E-state index is 12.2. The van der Waals surface area contributed by atoms with E-state index in [0.29, 0.717) is 5.06 Å². The van der Waals surface area contributed by atoms with Crippen LogP contribution in [-0.2, 0) is 14.4 Å². The number of rotatable bonds is 3. The Hall–Kier alpha value is -2.10. The minimum atomic E-state index is -4.92. The largest absolute Gasteiger partial charge is 0.573 e. The predicted molar refractivity (Wildman–Crippen MR) is 67.3 cm³/mol. The Morgan fingerprint density at radius 3 is 2.32 bits per heavy atom. The Kier molecular flexibility index (Phi) is 4.40. The first kappa shape index (κ1) is 16.3. The highest BCUT2D eigenvalue weighted by molar-refractivity contribution is 9.10. The molecule has 0 unspecified atom stereocenters. The van der Waals surface area contributed by atoms with Gasteiger partial charge in [0.05, 0.1) is 5.56 Å². The molecule has 1 saturated heterocycles. The first-order chi connectivity index (χ1) is 10.2. The van der Waals surface area contributed by atoms with Crippen molar-refractivity contribution in [1.29, 1.82) is 0 Å². The van der Waals surface area contributed by atoms with Crippen LogP contribution in [0.5, 0.6) is 5.75 Å². The van der Waals surface area contributed by atoms with Crippen molar-refractivity contribution in [2.45, 2.75) is 19.2 Å². The molecule has 1 heterocycles. The Labute approximate surface area is 129 Å². The van der Waals surface area contributed by atoms with E-state index in [4.69, 9.17) is 0 Å². The van der Waals surface area contributed by atoms with Crippen molar-refractivity contribution >= 4 is 33.7 Å². The van der Waals surface area contributed by atoms with Crippen molar-refractivity contribution < 1.29 is 37.1 Å². The van der Waals surface area contributed by atoms with Crippen LogP contribution in [0.25, 0.3) is 0 Å². The lowest BCUT2D eigenvalue weighted by molar-refractivity contribution is -0.274. The fraction of sp³-hybridized carbons (Fsp3) is 0.250. The van der Waals surface area contributed by atoms with E-state index in [9.17, 15) is 27.6 Å². The maximum atomic E-state index is 12.2. The Morgan fingerprint density at radius 2 is 1.77 bits per heavy atom. The van der Waals surface area contributed by atoms with E-state index in [1.165, 1.54) is 0 Å². The van der Waals surface area contributed by atoms with Gasteiger partial charge in [-0.25, -0.2) is 4.79 Å². The van der Waals surface area contributed by atoms with E-state index in [1.54, 1.807) is 0 Å². The molecule has 1 fully saturated rings. The third-order valence-corrected chi connectivity index (χ3v) is 3.26. The Balaban J connectivity index is 2.20. The van der Waals surface area contributed by atoms with Gasteiger partial charge in [0.25, 0.3) is 11.8 Å². The number of ether oxygens (including phenoxy) is 1. The molecule has 0 atom stereocenters. The molecule has 22 heavy (non-hydrogen) atoms. The summed E-state index contributed by atoms with van der Waals surface area (Å²) >= 11 is 2.96. The van der Waals surface area contributed by atoms with Gasteiger partial charge < -0.3 is 9.57 Å². The van der Waals surface area contributed by atoms with Gasteiger partial charge >= 0.3 is 12.3 Å². The molecule has 1 aliphatic heterocycles. The van der Waals surface area contributed by atoms with Crippen LogP contribution >= 0.6 is 15.9 Å². The summed E-state index contributed by atoms with van der Waals surface area (Å²) in [6, 6.07) is 2.91.